The first-order valence-electron chi connectivity index (χ1n) is 3.89. The summed E-state index contributed by atoms with van der Waals surface area (Å²) in [6, 6.07) is 6.26. The monoisotopic (exact) mass is 148 g/mol. The molecule has 0 unspecified atom stereocenters. The molecule has 0 aliphatic rings. The van der Waals surface area contributed by atoms with Crippen LogP contribution in [-0.2, 0) is 13.0 Å². The second-order valence-electron chi connectivity index (χ2n) is 2.45. The van der Waals surface area contributed by atoms with E-state index in [-0.39, 0.29) is 0 Å². The van der Waals surface area contributed by atoms with Gasteiger partial charge in [0.15, 0.2) is 0 Å². The summed E-state index contributed by atoms with van der Waals surface area (Å²) in [5, 5.41) is 8.37. The summed E-state index contributed by atoms with van der Waals surface area (Å²) in [6.45, 7) is 2.95. The molecule has 1 rings (SSSR count). The van der Waals surface area contributed by atoms with Gasteiger partial charge in [-0.25, -0.2) is 0 Å². The highest BCUT2D eigenvalue weighted by atomic mass is 15.0. The molecular formula is C9H12N2. The van der Waals surface area contributed by atoms with Crippen LogP contribution in [0.2, 0.25) is 0 Å². The molecule has 0 saturated carbocycles. The second kappa shape index (κ2) is 3.82. The lowest BCUT2D eigenvalue weighted by molar-refractivity contribution is 0.683. The zero-order chi connectivity index (χ0) is 8.10. The SMILES string of the molecule is CCc1cccn1CCC#N. The van der Waals surface area contributed by atoms with E-state index in [1.54, 1.807) is 0 Å². The molecule has 0 spiro atoms. The Hall–Kier alpha value is -1.23. The van der Waals surface area contributed by atoms with Crippen molar-refractivity contribution in [2.45, 2.75) is 26.3 Å². The maximum atomic E-state index is 8.37. The highest BCUT2D eigenvalue weighted by Crippen LogP contribution is 2.03. The van der Waals surface area contributed by atoms with E-state index in [0.717, 1.165) is 13.0 Å². The lowest BCUT2D eigenvalue weighted by atomic mass is 10.3. The van der Waals surface area contributed by atoms with Gasteiger partial charge in [-0.05, 0) is 18.6 Å². The first kappa shape index (κ1) is 7.87. The van der Waals surface area contributed by atoms with Gasteiger partial charge in [0, 0.05) is 18.4 Å². The van der Waals surface area contributed by atoms with Crippen LogP contribution in [0, 0.1) is 11.3 Å². The molecule has 2 heteroatoms. The van der Waals surface area contributed by atoms with Crippen molar-refractivity contribution in [2.24, 2.45) is 0 Å². The van der Waals surface area contributed by atoms with Gasteiger partial charge >= 0.3 is 0 Å². The molecule has 0 radical (unpaired) electrons. The van der Waals surface area contributed by atoms with Gasteiger partial charge in [0.05, 0.1) is 12.5 Å². The molecule has 0 aliphatic carbocycles. The van der Waals surface area contributed by atoms with E-state index in [1.165, 1.54) is 5.69 Å². The standard InChI is InChI=1S/C9H12N2/c1-2-9-5-3-7-11(9)8-4-6-10/h3,5,7H,2,4,8H2,1H3. The predicted octanol–water partition coefficient (Wildman–Crippen LogP) is 1.96. The van der Waals surface area contributed by atoms with E-state index >= 15 is 0 Å². The van der Waals surface area contributed by atoms with Gasteiger partial charge in [-0.15, -0.1) is 0 Å². The van der Waals surface area contributed by atoms with Crippen LogP contribution < -0.4 is 0 Å². The minimum absolute atomic E-state index is 0.599. The van der Waals surface area contributed by atoms with Gasteiger partial charge in [-0.2, -0.15) is 5.26 Å². The van der Waals surface area contributed by atoms with Crippen molar-refractivity contribution in [2.75, 3.05) is 0 Å². The third kappa shape index (κ3) is 1.84. The fraction of sp³-hybridized carbons (Fsp3) is 0.444. The van der Waals surface area contributed by atoms with Crippen LogP contribution in [0.5, 0.6) is 0 Å². The van der Waals surface area contributed by atoms with Crippen molar-refractivity contribution in [1.82, 2.24) is 4.57 Å². The van der Waals surface area contributed by atoms with Crippen molar-refractivity contribution in [3.63, 3.8) is 0 Å². The summed E-state index contributed by atoms with van der Waals surface area (Å²) in [5.41, 5.74) is 1.31. The number of hydrogen-bond acceptors (Lipinski definition) is 1. The molecule has 1 heterocycles. The van der Waals surface area contributed by atoms with Gasteiger partial charge in [-0.3, -0.25) is 0 Å². The van der Waals surface area contributed by atoms with Gasteiger partial charge in [-0.1, -0.05) is 6.92 Å². The molecule has 0 N–H and O–H groups in total. The number of aromatic nitrogens is 1. The first-order chi connectivity index (χ1) is 5.38. The summed E-state index contributed by atoms with van der Waals surface area (Å²) in [5.74, 6) is 0. The summed E-state index contributed by atoms with van der Waals surface area (Å²) in [7, 11) is 0. The van der Waals surface area contributed by atoms with Crippen LogP contribution in [0.15, 0.2) is 18.3 Å². The van der Waals surface area contributed by atoms with Crippen LogP contribution in [0.1, 0.15) is 19.0 Å². The Morgan fingerprint density at radius 1 is 1.64 bits per heavy atom. The summed E-state index contributed by atoms with van der Waals surface area (Å²) >= 11 is 0. The quantitative estimate of drug-likeness (QED) is 0.644. The molecule has 11 heavy (non-hydrogen) atoms. The molecular weight excluding hydrogens is 136 g/mol. The largest absolute Gasteiger partial charge is 0.350 e. The van der Waals surface area contributed by atoms with E-state index in [2.05, 4.69) is 23.6 Å². The topological polar surface area (TPSA) is 28.7 Å². The van der Waals surface area contributed by atoms with Crippen LogP contribution >= 0.6 is 0 Å². The molecule has 0 saturated heterocycles. The van der Waals surface area contributed by atoms with Crippen LogP contribution in [-0.4, -0.2) is 4.57 Å². The van der Waals surface area contributed by atoms with E-state index in [0.29, 0.717) is 6.42 Å². The van der Waals surface area contributed by atoms with Crippen molar-refractivity contribution in [1.29, 1.82) is 5.26 Å². The van der Waals surface area contributed by atoms with Gasteiger partial charge in [0.2, 0.25) is 0 Å². The lowest BCUT2D eigenvalue weighted by Gasteiger charge is -2.03. The molecule has 1 aromatic heterocycles. The Labute approximate surface area is 67.1 Å². The molecule has 58 valence electrons. The molecule has 2 nitrogen and oxygen atoms in total. The van der Waals surface area contributed by atoms with E-state index in [9.17, 15) is 0 Å². The number of nitriles is 1. The molecule has 0 atom stereocenters. The average molecular weight is 148 g/mol. The van der Waals surface area contributed by atoms with Crippen molar-refractivity contribution < 1.29 is 0 Å². The fourth-order valence-electron chi connectivity index (χ4n) is 1.16. The normalized spacial score (nSPS) is 9.45. The van der Waals surface area contributed by atoms with Crippen LogP contribution in [0.4, 0.5) is 0 Å². The van der Waals surface area contributed by atoms with Crippen molar-refractivity contribution in [3.05, 3.63) is 24.0 Å². The van der Waals surface area contributed by atoms with E-state index in [4.69, 9.17) is 5.26 Å². The Bertz CT molecular complexity index is 255. The van der Waals surface area contributed by atoms with E-state index in [1.807, 2.05) is 12.3 Å². The van der Waals surface area contributed by atoms with Gasteiger partial charge < -0.3 is 4.57 Å². The van der Waals surface area contributed by atoms with Crippen LogP contribution in [0.3, 0.4) is 0 Å². The molecule has 0 aliphatic heterocycles. The minimum Gasteiger partial charge on any atom is -0.350 e. The zero-order valence-electron chi connectivity index (χ0n) is 6.75. The predicted molar refractivity (Wildman–Crippen MR) is 44.0 cm³/mol. The Kier molecular flexibility index (Phi) is 2.74. The Balaban J connectivity index is 2.62. The van der Waals surface area contributed by atoms with Crippen molar-refractivity contribution in [3.8, 4) is 6.07 Å². The molecule has 0 aromatic carbocycles. The average Bonchev–Trinajstić information content (AvgIpc) is 2.47. The second-order valence-corrected chi connectivity index (χ2v) is 2.45. The number of nitrogens with zero attached hydrogens (tertiary/aromatic N) is 2. The smallest absolute Gasteiger partial charge is 0.0640 e. The zero-order valence-corrected chi connectivity index (χ0v) is 6.75. The Morgan fingerprint density at radius 2 is 2.45 bits per heavy atom. The first-order valence-corrected chi connectivity index (χ1v) is 3.89. The fourth-order valence-corrected chi connectivity index (χ4v) is 1.16. The van der Waals surface area contributed by atoms with Crippen LogP contribution in [0.25, 0.3) is 0 Å². The molecule has 1 aromatic rings. The lowest BCUT2D eigenvalue weighted by Crippen LogP contribution is -1.99. The van der Waals surface area contributed by atoms with E-state index < -0.39 is 0 Å². The minimum atomic E-state index is 0.599. The van der Waals surface area contributed by atoms with Crippen molar-refractivity contribution >= 4 is 0 Å². The maximum Gasteiger partial charge on any atom is 0.0640 e. The number of aryl methyl sites for hydroxylation is 2. The molecule has 0 bridgehead atoms. The number of hydrogen-bond donors (Lipinski definition) is 0. The highest BCUT2D eigenvalue weighted by molar-refractivity contribution is 5.06. The van der Waals surface area contributed by atoms with Gasteiger partial charge in [0.1, 0.15) is 0 Å². The highest BCUT2D eigenvalue weighted by Gasteiger charge is 1.95. The molecule has 0 fully saturated rings. The summed E-state index contributed by atoms with van der Waals surface area (Å²) in [4.78, 5) is 0. The Morgan fingerprint density at radius 3 is 3.09 bits per heavy atom. The van der Waals surface area contributed by atoms with Gasteiger partial charge in [0.25, 0.3) is 0 Å². The summed E-state index contributed by atoms with van der Waals surface area (Å²) < 4.78 is 2.13. The molecule has 0 amide bonds. The number of rotatable bonds is 3. The third-order valence-electron chi connectivity index (χ3n) is 1.75. The maximum absolute atomic E-state index is 8.37. The third-order valence-corrected chi connectivity index (χ3v) is 1.75. The summed E-state index contributed by atoms with van der Waals surface area (Å²) in [6.07, 6.45) is 3.66.